The Hall–Kier alpha value is -2.53. The molecule has 0 saturated heterocycles. The van der Waals surface area contributed by atoms with Gasteiger partial charge in [-0.3, -0.25) is 0 Å². The number of para-hydroxylation sites is 2. The van der Waals surface area contributed by atoms with Crippen molar-refractivity contribution in [2.75, 3.05) is 7.11 Å². The van der Waals surface area contributed by atoms with Crippen LogP contribution in [0.3, 0.4) is 0 Å². The molecule has 0 aliphatic rings. The summed E-state index contributed by atoms with van der Waals surface area (Å²) >= 11 is 0. The molecule has 0 bridgehead atoms. The van der Waals surface area contributed by atoms with Crippen molar-refractivity contribution in [2.45, 2.75) is 12.8 Å². The molecule has 108 valence electrons. The fraction of sp³-hybridized carbons (Fsp3) is 0.188. The first-order valence-corrected chi connectivity index (χ1v) is 6.65. The molecule has 1 atom stereocenters. The molecule has 0 aliphatic heterocycles. The van der Waals surface area contributed by atoms with Gasteiger partial charge in [-0.15, -0.1) is 0 Å². The molecular formula is C16H16N2O3. The van der Waals surface area contributed by atoms with E-state index in [0.717, 1.165) is 16.8 Å². The van der Waals surface area contributed by atoms with E-state index in [4.69, 9.17) is 9.47 Å². The normalized spacial score (nSPS) is 12.3. The summed E-state index contributed by atoms with van der Waals surface area (Å²) in [5, 5.41) is 10.1. The van der Waals surface area contributed by atoms with Gasteiger partial charge in [-0.2, -0.15) is 0 Å². The Morgan fingerprint density at radius 3 is 2.57 bits per heavy atom. The van der Waals surface area contributed by atoms with Crippen LogP contribution in [0.2, 0.25) is 0 Å². The van der Waals surface area contributed by atoms with Gasteiger partial charge in [0, 0.05) is 0 Å². The zero-order chi connectivity index (χ0) is 14.7. The highest BCUT2D eigenvalue weighted by Crippen LogP contribution is 2.19. The Labute approximate surface area is 122 Å². The van der Waals surface area contributed by atoms with Crippen LogP contribution in [-0.4, -0.2) is 28.1 Å². The minimum atomic E-state index is -0.948. The van der Waals surface area contributed by atoms with Gasteiger partial charge in [0.15, 0.2) is 0 Å². The number of rotatable bonds is 5. The number of hydrogen-bond donors (Lipinski definition) is 1. The van der Waals surface area contributed by atoms with Crippen LogP contribution >= 0.6 is 0 Å². The Kier molecular flexibility index (Phi) is 3.75. The number of aliphatic hydroxyl groups is 1. The number of ether oxygens (including phenoxy) is 2. The summed E-state index contributed by atoms with van der Waals surface area (Å²) < 4.78 is 12.4. The van der Waals surface area contributed by atoms with Gasteiger partial charge in [-0.1, -0.05) is 12.1 Å². The molecule has 0 aliphatic carbocycles. The highest BCUT2D eigenvalue weighted by molar-refractivity contribution is 5.74. The van der Waals surface area contributed by atoms with E-state index in [-0.39, 0.29) is 0 Å². The summed E-state index contributed by atoms with van der Waals surface area (Å²) in [5.41, 5.74) is 1.86. The first-order valence-electron chi connectivity index (χ1n) is 6.65. The molecule has 3 rings (SSSR count). The van der Waals surface area contributed by atoms with Crippen molar-refractivity contribution >= 4 is 11.0 Å². The van der Waals surface area contributed by atoms with Crippen LogP contribution in [0.5, 0.6) is 11.5 Å². The molecule has 1 aromatic heterocycles. The molecule has 0 amide bonds. The van der Waals surface area contributed by atoms with Crippen LogP contribution in [0.15, 0.2) is 54.9 Å². The van der Waals surface area contributed by atoms with Gasteiger partial charge in [0.2, 0.25) is 6.29 Å². The lowest BCUT2D eigenvalue weighted by molar-refractivity contribution is -0.0286. The van der Waals surface area contributed by atoms with E-state index in [0.29, 0.717) is 12.3 Å². The molecule has 5 heteroatoms. The highest BCUT2D eigenvalue weighted by atomic mass is 16.6. The number of fused-ring (bicyclic) bond motifs is 1. The third-order valence-corrected chi connectivity index (χ3v) is 3.21. The number of methoxy groups -OCH3 is 1. The van der Waals surface area contributed by atoms with Crippen molar-refractivity contribution in [2.24, 2.45) is 0 Å². The first-order chi connectivity index (χ1) is 10.3. The number of aromatic nitrogens is 2. The lowest BCUT2D eigenvalue weighted by Gasteiger charge is -2.14. The van der Waals surface area contributed by atoms with Gasteiger partial charge >= 0.3 is 0 Å². The summed E-state index contributed by atoms with van der Waals surface area (Å²) in [7, 11) is 1.61. The second-order valence-corrected chi connectivity index (χ2v) is 4.63. The van der Waals surface area contributed by atoms with E-state index in [2.05, 4.69) is 4.98 Å². The molecule has 21 heavy (non-hydrogen) atoms. The number of benzene rings is 2. The molecule has 2 aromatic carbocycles. The molecule has 0 radical (unpaired) electrons. The van der Waals surface area contributed by atoms with Gasteiger partial charge < -0.3 is 19.1 Å². The summed E-state index contributed by atoms with van der Waals surface area (Å²) in [6, 6.07) is 14.9. The lowest BCUT2D eigenvalue weighted by Crippen LogP contribution is -2.22. The van der Waals surface area contributed by atoms with E-state index >= 15 is 0 Å². The quantitative estimate of drug-likeness (QED) is 0.731. The van der Waals surface area contributed by atoms with Crippen LogP contribution in [0.25, 0.3) is 11.0 Å². The summed E-state index contributed by atoms with van der Waals surface area (Å²) in [6.45, 7) is 0.312. The topological polar surface area (TPSA) is 56.5 Å². The first kappa shape index (κ1) is 13.5. The van der Waals surface area contributed by atoms with Gasteiger partial charge in [-0.25, -0.2) is 4.98 Å². The van der Waals surface area contributed by atoms with Crippen molar-refractivity contribution in [3.05, 3.63) is 54.9 Å². The second-order valence-electron chi connectivity index (χ2n) is 4.63. The maximum absolute atomic E-state index is 10.1. The Morgan fingerprint density at radius 1 is 1.10 bits per heavy atom. The van der Waals surface area contributed by atoms with E-state index < -0.39 is 6.29 Å². The van der Waals surface area contributed by atoms with Gasteiger partial charge in [0.05, 0.1) is 31.0 Å². The van der Waals surface area contributed by atoms with Crippen molar-refractivity contribution < 1.29 is 14.6 Å². The van der Waals surface area contributed by atoms with E-state index in [1.54, 1.807) is 37.7 Å². The van der Waals surface area contributed by atoms with Crippen molar-refractivity contribution in [1.29, 1.82) is 0 Å². The largest absolute Gasteiger partial charge is 0.497 e. The average Bonchev–Trinajstić information content (AvgIpc) is 2.91. The number of aliphatic hydroxyl groups excluding tert-OH is 1. The van der Waals surface area contributed by atoms with E-state index in [1.807, 2.05) is 28.8 Å². The highest BCUT2D eigenvalue weighted by Gasteiger charge is 2.09. The predicted molar refractivity (Wildman–Crippen MR) is 79.4 cm³/mol. The standard InChI is InChI=1S/C16H16N2O3/c1-20-12-6-8-13(9-7-12)21-16(19)10-18-11-17-14-4-2-3-5-15(14)18/h2-9,11,16,19H,10H2,1H3/t16-/m0/s1. The van der Waals surface area contributed by atoms with Crippen LogP contribution in [0.4, 0.5) is 0 Å². The zero-order valence-electron chi connectivity index (χ0n) is 11.6. The van der Waals surface area contributed by atoms with E-state index in [1.165, 1.54) is 0 Å². The molecule has 0 saturated carbocycles. The maximum Gasteiger partial charge on any atom is 0.215 e. The summed E-state index contributed by atoms with van der Waals surface area (Å²) in [4.78, 5) is 4.28. The summed E-state index contributed by atoms with van der Waals surface area (Å²) in [6.07, 6.45) is 0.752. The number of nitrogens with zero attached hydrogens (tertiary/aromatic N) is 2. The minimum Gasteiger partial charge on any atom is -0.497 e. The molecule has 0 spiro atoms. The minimum absolute atomic E-state index is 0.312. The maximum atomic E-state index is 10.1. The monoisotopic (exact) mass is 284 g/mol. The van der Waals surface area contributed by atoms with Gasteiger partial charge in [-0.05, 0) is 36.4 Å². The Morgan fingerprint density at radius 2 is 1.81 bits per heavy atom. The second kappa shape index (κ2) is 5.85. The molecule has 1 heterocycles. The lowest BCUT2D eigenvalue weighted by atomic mass is 10.3. The average molecular weight is 284 g/mol. The SMILES string of the molecule is COc1ccc(O[C@H](O)Cn2cnc3ccccc32)cc1. The van der Waals surface area contributed by atoms with Crippen molar-refractivity contribution in [3.63, 3.8) is 0 Å². The third kappa shape index (κ3) is 2.98. The Bertz CT molecular complexity index is 722. The van der Waals surface area contributed by atoms with Gasteiger partial charge in [0.1, 0.15) is 11.5 Å². The smallest absolute Gasteiger partial charge is 0.215 e. The summed E-state index contributed by atoms with van der Waals surface area (Å²) in [5.74, 6) is 1.34. The van der Waals surface area contributed by atoms with Gasteiger partial charge in [0.25, 0.3) is 0 Å². The van der Waals surface area contributed by atoms with E-state index in [9.17, 15) is 5.11 Å². The molecule has 0 fully saturated rings. The molecule has 3 aromatic rings. The number of hydrogen-bond acceptors (Lipinski definition) is 4. The van der Waals surface area contributed by atoms with Crippen LogP contribution in [0.1, 0.15) is 0 Å². The zero-order valence-corrected chi connectivity index (χ0v) is 11.6. The van der Waals surface area contributed by atoms with Crippen molar-refractivity contribution in [3.8, 4) is 11.5 Å². The van der Waals surface area contributed by atoms with Crippen molar-refractivity contribution in [1.82, 2.24) is 9.55 Å². The molecule has 0 unspecified atom stereocenters. The fourth-order valence-electron chi connectivity index (χ4n) is 2.17. The Balaban J connectivity index is 1.69. The molecule has 1 N–H and O–H groups in total. The van der Waals surface area contributed by atoms with Crippen LogP contribution in [-0.2, 0) is 6.54 Å². The fourth-order valence-corrected chi connectivity index (χ4v) is 2.17. The van der Waals surface area contributed by atoms with Crippen LogP contribution in [0, 0.1) is 0 Å². The third-order valence-electron chi connectivity index (χ3n) is 3.21. The predicted octanol–water partition coefficient (Wildman–Crippen LogP) is 2.44. The molecule has 5 nitrogen and oxygen atoms in total. The number of imidazole rings is 1. The van der Waals surface area contributed by atoms with Crippen LogP contribution < -0.4 is 9.47 Å². The molecular weight excluding hydrogens is 268 g/mol.